The number of anilines is 1. The summed E-state index contributed by atoms with van der Waals surface area (Å²) in [6, 6.07) is 0. The van der Waals surface area contributed by atoms with Gasteiger partial charge < -0.3 is 10.1 Å². The van der Waals surface area contributed by atoms with Gasteiger partial charge in [-0.1, -0.05) is 13.8 Å². The first-order valence-electron chi connectivity index (χ1n) is 6.10. The Morgan fingerprint density at radius 3 is 3.18 bits per heavy atom. The SMILES string of the molecule is CC(C)C(=O)Nc1cnn(CC2CCCO2)c1. The van der Waals surface area contributed by atoms with E-state index in [1.165, 1.54) is 0 Å². The third kappa shape index (κ3) is 3.30. The minimum absolute atomic E-state index is 0.0154. The minimum Gasteiger partial charge on any atom is -0.376 e. The summed E-state index contributed by atoms with van der Waals surface area (Å²) in [5.74, 6) is -0.00168. The number of carbonyl (C=O) groups excluding carboxylic acids is 1. The Bertz CT molecular complexity index is 381. The Kier molecular flexibility index (Phi) is 3.78. The highest BCUT2D eigenvalue weighted by atomic mass is 16.5. The Morgan fingerprint density at radius 2 is 2.53 bits per heavy atom. The average Bonchev–Trinajstić information content (AvgIpc) is 2.91. The topological polar surface area (TPSA) is 56.2 Å². The van der Waals surface area contributed by atoms with E-state index in [1.54, 1.807) is 6.20 Å². The van der Waals surface area contributed by atoms with E-state index in [-0.39, 0.29) is 17.9 Å². The maximum atomic E-state index is 11.5. The third-order valence-electron chi connectivity index (χ3n) is 2.84. The lowest BCUT2D eigenvalue weighted by Gasteiger charge is -2.08. The molecular weight excluding hydrogens is 218 g/mol. The van der Waals surface area contributed by atoms with Gasteiger partial charge in [-0.2, -0.15) is 5.10 Å². The molecule has 2 rings (SSSR count). The molecule has 1 aromatic heterocycles. The van der Waals surface area contributed by atoms with Gasteiger partial charge in [-0.3, -0.25) is 9.48 Å². The Balaban J connectivity index is 1.89. The van der Waals surface area contributed by atoms with Crippen LogP contribution >= 0.6 is 0 Å². The van der Waals surface area contributed by atoms with Gasteiger partial charge in [0.25, 0.3) is 0 Å². The van der Waals surface area contributed by atoms with Crippen LogP contribution in [-0.4, -0.2) is 28.4 Å². The first kappa shape index (κ1) is 12.1. The molecule has 0 bridgehead atoms. The van der Waals surface area contributed by atoms with E-state index in [1.807, 2.05) is 24.7 Å². The summed E-state index contributed by atoms with van der Waals surface area (Å²) in [5, 5.41) is 7.04. The molecule has 1 fully saturated rings. The van der Waals surface area contributed by atoms with Gasteiger partial charge in [-0.25, -0.2) is 0 Å². The quantitative estimate of drug-likeness (QED) is 0.866. The second-order valence-corrected chi connectivity index (χ2v) is 4.73. The smallest absolute Gasteiger partial charge is 0.227 e. The van der Waals surface area contributed by atoms with Crippen molar-refractivity contribution < 1.29 is 9.53 Å². The molecule has 1 aliphatic rings. The number of nitrogens with zero attached hydrogens (tertiary/aromatic N) is 2. The lowest BCUT2D eigenvalue weighted by atomic mass is 10.2. The van der Waals surface area contributed by atoms with Crippen molar-refractivity contribution in [1.29, 1.82) is 0 Å². The van der Waals surface area contributed by atoms with Crippen molar-refractivity contribution >= 4 is 11.6 Å². The maximum absolute atomic E-state index is 11.5. The molecule has 5 heteroatoms. The largest absolute Gasteiger partial charge is 0.376 e. The molecule has 5 nitrogen and oxygen atoms in total. The lowest BCUT2D eigenvalue weighted by molar-refractivity contribution is -0.118. The van der Waals surface area contributed by atoms with Crippen LogP contribution in [0, 0.1) is 5.92 Å². The summed E-state index contributed by atoms with van der Waals surface area (Å²) < 4.78 is 7.36. The van der Waals surface area contributed by atoms with Crippen molar-refractivity contribution in [3.05, 3.63) is 12.4 Å². The predicted octanol–water partition coefficient (Wildman–Crippen LogP) is 1.66. The van der Waals surface area contributed by atoms with E-state index >= 15 is 0 Å². The molecule has 0 aromatic carbocycles. The fraction of sp³-hybridized carbons (Fsp3) is 0.667. The third-order valence-corrected chi connectivity index (χ3v) is 2.84. The first-order valence-corrected chi connectivity index (χ1v) is 6.10. The molecule has 1 unspecified atom stereocenters. The van der Waals surface area contributed by atoms with Crippen molar-refractivity contribution in [1.82, 2.24) is 9.78 Å². The van der Waals surface area contributed by atoms with Crippen LogP contribution in [0.15, 0.2) is 12.4 Å². The van der Waals surface area contributed by atoms with Gasteiger partial charge in [0.05, 0.1) is 24.5 Å². The number of amides is 1. The van der Waals surface area contributed by atoms with Crippen LogP contribution in [0.5, 0.6) is 0 Å². The summed E-state index contributed by atoms with van der Waals surface area (Å²) in [7, 11) is 0. The molecule has 1 aromatic rings. The highest BCUT2D eigenvalue weighted by molar-refractivity contribution is 5.91. The number of carbonyl (C=O) groups is 1. The van der Waals surface area contributed by atoms with Gasteiger partial charge >= 0.3 is 0 Å². The molecule has 1 N–H and O–H groups in total. The summed E-state index contributed by atoms with van der Waals surface area (Å²) in [6.07, 6.45) is 6.01. The lowest BCUT2D eigenvalue weighted by Crippen LogP contribution is -2.17. The molecule has 17 heavy (non-hydrogen) atoms. The molecule has 0 saturated carbocycles. The molecular formula is C12H19N3O2. The molecule has 94 valence electrons. The zero-order chi connectivity index (χ0) is 12.3. The van der Waals surface area contributed by atoms with Gasteiger partial charge in [-0.05, 0) is 12.8 Å². The van der Waals surface area contributed by atoms with E-state index in [4.69, 9.17) is 4.74 Å². The molecule has 0 spiro atoms. The van der Waals surface area contributed by atoms with Gasteiger partial charge in [-0.15, -0.1) is 0 Å². The summed E-state index contributed by atoms with van der Waals surface area (Å²) in [4.78, 5) is 11.5. The molecule has 1 atom stereocenters. The van der Waals surface area contributed by atoms with Gasteiger partial charge in [0, 0.05) is 18.7 Å². The Morgan fingerprint density at radius 1 is 1.71 bits per heavy atom. The monoisotopic (exact) mass is 237 g/mol. The molecule has 2 heterocycles. The summed E-state index contributed by atoms with van der Waals surface area (Å²) >= 11 is 0. The van der Waals surface area contributed by atoms with Crippen molar-refractivity contribution in [3.8, 4) is 0 Å². The van der Waals surface area contributed by atoms with Crippen LogP contribution in [0.1, 0.15) is 26.7 Å². The van der Waals surface area contributed by atoms with E-state index in [0.29, 0.717) is 0 Å². The van der Waals surface area contributed by atoms with Crippen molar-refractivity contribution in [2.45, 2.75) is 39.3 Å². The number of ether oxygens (including phenoxy) is 1. The zero-order valence-corrected chi connectivity index (χ0v) is 10.3. The van der Waals surface area contributed by atoms with Gasteiger partial charge in [0.2, 0.25) is 5.91 Å². The van der Waals surface area contributed by atoms with Crippen molar-refractivity contribution in [2.75, 3.05) is 11.9 Å². The fourth-order valence-corrected chi connectivity index (χ4v) is 1.81. The van der Waals surface area contributed by atoms with E-state index in [0.717, 1.165) is 31.7 Å². The molecule has 0 radical (unpaired) electrons. The zero-order valence-electron chi connectivity index (χ0n) is 10.3. The normalized spacial score (nSPS) is 19.8. The van der Waals surface area contributed by atoms with Crippen LogP contribution < -0.4 is 5.32 Å². The standard InChI is InChI=1S/C12H19N3O2/c1-9(2)12(16)14-10-6-13-15(7-10)8-11-4-3-5-17-11/h6-7,9,11H,3-5,8H2,1-2H3,(H,14,16). The highest BCUT2D eigenvalue weighted by Gasteiger charge is 2.16. The molecule has 1 aliphatic heterocycles. The number of nitrogens with one attached hydrogen (secondary N) is 1. The number of rotatable bonds is 4. The van der Waals surface area contributed by atoms with Crippen molar-refractivity contribution in [3.63, 3.8) is 0 Å². The maximum Gasteiger partial charge on any atom is 0.227 e. The highest BCUT2D eigenvalue weighted by Crippen LogP contribution is 2.15. The second kappa shape index (κ2) is 5.31. The van der Waals surface area contributed by atoms with E-state index in [9.17, 15) is 4.79 Å². The van der Waals surface area contributed by atoms with Crippen molar-refractivity contribution in [2.24, 2.45) is 5.92 Å². The van der Waals surface area contributed by atoms with Gasteiger partial charge in [0.15, 0.2) is 0 Å². The van der Waals surface area contributed by atoms with E-state index < -0.39 is 0 Å². The number of hydrogen-bond acceptors (Lipinski definition) is 3. The van der Waals surface area contributed by atoms with Crippen LogP contribution in [-0.2, 0) is 16.1 Å². The Labute approximate surface area is 101 Å². The second-order valence-electron chi connectivity index (χ2n) is 4.73. The number of hydrogen-bond donors (Lipinski definition) is 1. The summed E-state index contributed by atoms with van der Waals surface area (Å²) in [6.45, 7) is 5.35. The number of aromatic nitrogens is 2. The van der Waals surface area contributed by atoms with Gasteiger partial charge in [0.1, 0.15) is 0 Å². The van der Waals surface area contributed by atoms with Crippen LogP contribution in [0.2, 0.25) is 0 Å². The van der Waals surface area contributed by atoms with Crippen LogP contribution in [0.4, 0.5) is 5.69 Å². The average molecular weight is 237 g/mol. The minimum atomic E-state index is -0.0171. The molecule has 1 saturated heterocycles. The summed E-state index contributed by atoms with van der Waals surface area (Å²) in [5.41, 5.74) is 0.752. The van der Waals surface area contributed by atoms with E-state index in [2.05, 4.69) is 10.4 Å². The van der Waals surface area contributed by atoms with Crippen LogP contribution in [0.25, 0.3) is 0 Å². The fourth-order valence-electron chi connectivity index (χ4n) is 1.81. The molecule has 0 aliphatic carbocycles. The first-order chi connectivity index (χ1) is 8.15. The Hall–Kier alpha value is -1.36. The van der Waals surface area contributed by atoms with Crippen LogP contribution in [0.3, 0.4) is 0 Å². The molecule has 1 amide bonds. The predicted molar refractivity (Wildman–Crippen MR) is 64.7 cm³/mol.